The summed E-state index contributed by atoms with van der Waals surface area (Å²) < 4.78 is 0. The molecule has 0 spiro atoms. The second kappa shape index (κ2) is 8.78. The van der Waals surface area contributed by atoms with Crippen LogP contribution in [0.2, 0.25) is 0 Å². The van der Waals surface area contributed by atoms with Crippen molar-refractivity contribution in [3.8, 4) is 0 Å². The largest absolute Gasteiger partial charge is 0.328 e. The third kappa shape index (κ3) is 4.51. The van der Waals surface area contributed by atoms with Crippen LogP contribution >= 0.6 is 0 Å². The first-order valence-electron chi connectivity index (χ1n) is 10.6. The highest BCUT2D eigenvalue weighted by Crippen LogP contribution is 2.21. The molecule has 152 valence electrons. The van der Waals surface area contributed by atoms with Crippen LogP contribution in [0.15, 0.2) is 54.6 Å². The maximum Gasteiger partial charge on any atom is 0.247 e. The number of hydrogen-bond donors (Lipinski definition) is 0. The van der Waals surface area contributed by atoms with Gasteiger partial charge in [-0.05, 0) is 29.5 Å². The first-order valence-corrected chi connectivity index (χ1v) is 10.6. The summed E-state index contributed by atoms with van der Waals surface area (Å²) in [6.45, 7) is 5.82. The summed E-state index contributed by atoms with van der Waals surface area (Å²) in [7, 11) is 0. The summed E-state index contributed by atoms with van der Waals surface area (Å²) in [6.07, 6.45) is 1.94. The first-order chi connectivity index (χ1) is 14.1. The highest BCUT2D eigenvalue weighted by Gasteiger charge is 2.41. The number of hydrogen-bond acceptors (Lipinski definition) is 3. The van der Waals surface area contributed by atoms with Crippen molar-refractivity contribution >= 4 is 11.8 Å². The Kier molecular flexibility index (Phi) is 5.95. The van der Waals surface area contributed by atoms with Crippen molar-refractivity contribution in [3.05, 3.63) is 71.3 Å². The van der Waals surface area contributed by atoms with Gasteiger partial charge in [-0.2, -0.15) is 0 Å². The molecular formula is C24H29N3O2. The normalized spacial score (nSPS) is 20.5. The Morgan fingerprint density at radius 2 is 1.55 bits per heavy atom. The van der Waals surface area contributed by atoms with Crippen LogP contribution in [-0.4, -0.2) is 58.7 Å². The van der Waals surface area contributed by atoms with Gasteiger partial charge in [-0.25, -0.2) is 0 Å². The fourth-order valence-corrected chi connectivity index (χ4v) is 4.33. The molecule has 2 aliphatic heterocycles. The molecule has 2 aromatic carbocycles. The van der Waals surface area contributed by atoms with Crippen molar-refractivity contribution in [2.24, 2.45) is 0 Å². The zero-order valence-electron chi connectivity index (χ0n) is 17.1. The third-order valence-corrected chi connectivity index (χ3v) is 5.98. The number of fused-ring (bicyclic) bond motifs is 1. The van der Waals surface area contributed by atoms with E-state index in [9.17, 15) is 9.59 Å². The predicted octanol–water partition coefficient (Wildman–Crippen LogP) is 2.69. The van der Waals surface area contributed by atoms with Gasteiger partial charge in [0.05, 0.1) is 0 Å². The van der Waals surface area contributed by atoms with Crippen molar-refractivity contribution in [1.29, 1.82) is 0 Å². The van der Waals surface area contributed by atoms with Gasteiger partial charge in [0.2, 0.25) is 11.8 Å². The van der Waals surface area contributed by atoms with Crippen molar-refractivity contribution in [3.63, 3.8) is 0 Å². The second-order valence-electron chi connectivity index (χ2n) is 8.04. The number of amides is 2. The predicted molar refractivity (Wildman–Crippen MR) is 113 cm³/mol. The molecule has 2 aliphatic rings. The Bertz CT molecular complexity index is 850. The molecule has 0 saturated carbocycles. The topological polar surface area (TPSA) is 43.9 Å². The number of benzene rings is 2. The number of rotatable bonds is 5. The van der Waals surface area contributed by atoms with Crippen LogP contribution in [0.5, 0.6) is 0 Å². The summed E-state index contributed by atoms with van der Waals surface area (Å²) in [5.41, 5.74) is 3.65. The molecule has 0 N–H and O–H groups in total. The van der Waals surface area contributed by atoms with Crippen molar-refractivity contribution in [2.45, 2.75) is 38.9 Å². The fourth-order valence-electron chi connectivity index (χ4n) is 4.33. The Labute approximate surface area is 172 Å². The van der Waals surface area contributed by atoms with Crippen LogP contribution in [0, 0.1) is 0 Å². The molecule has 1 atom stereocenters. The van der Waals surface area contributed by atoms with Gasteiger partial charge in [0.1, 0.15) is 12.6 Å². The van der Waals surface area contributed by atoms with E-state index in [1.807, 2.05) is 35.2 Å². The molecule has 2 fully saturated rings. The zero-order chi connectivity index (χ0) is 20.2. The molecular weight excluding hydrogens is 362 g/mol. The van der Waals surface area contributed by atoms with Crippen LogP contribution in [0.4, 0.5) is 0 Å². The molecule has 0 aromatic heterocycles. The van der Waals surface area contributed by atoms with E-state index in [-0.39, 0.29) is 24.4 Å². The van der Waals surface area contributed by atoms with E-state index in [0.29, 0.717) is 19.6 Å². The molecule has 29 heavy (non-hydrogen) atoms. The highest BCUT2D eigenvalue weighted by molar-refractivity contribution is 5.95. The lowest BCUT2D eigenvalue weighted by Gasteiger charge is -2.40. The van der Waals surface area contributed by atoms with Gasteiger partial charge >= 0.3 is 0 Å². The van der Waals surface area contributed by atoms with Crippen LogP contribution in [0.1, 0.15) is 30.0 Å². The van der Waals surface area contributed by atoms with Gasteiger partial charge in [-0.1, -0.05) is 61.5 Å². The van der Waals surface area contributed by atoms with E-state index in [0.717, 1.165) is 31.5 Å². The smallest absolute Gasteiger partial charge is 0.247 e. The molecule has 0 bridgehead atoms. The fraction of sp³-hybridized carbons (Fsp3) is 0.417. The molecule has 1 unspecified atom stereocenters. The molecule has 0 radical (unpaired) electrons. The lowest BCUT2D eigenvalue weighted by Crippen LogP contribution is -2.61. The third-order valence-electron chi connectivity index (χ3n) is 5.98. The highest BCUT2D eigenvalue weighted by atomic mass is 16.2. The van der Waals surface area contributed by atoms with Gasteiger partial charge in [0.15, 0.2) is 0 Å². The van der Waals surface area contributed by atoms with Crippen LogP contribution < -0.4 is 0 Å². The van der Waals surface area contributed by atoms with Gasteiger partial charge in [0.25, 0.3) is 0 Å². The number of carbonyl (C=O) groups excluding carboxylic acids is 2. The molecule has 2 aromatic rings. The van der Waals surface area contributed by atoms with E-state index in [2.05, 4.69) is 36.1 Å². The van der Waals surface area contributed by atoms with Crippen molar-refractivity contribution in [1.82, 2.24) is 14.7 Å². The Balaban J connectivity index is 1.47. The number of nitrogens with zero attached hydrogens (tertiary/aromatic N) is 3. The summed E-state index contributed by atoms with van der Waals surface area (Å²) in [4.78, 5) is 31.9. The minimum atomic E-state index is -0.377. The van der Waals surface area contributed by atoms with Gasteiger partial charge in [0, 0.05) is 32.7 Å². The second-order valence-corrected chi connectivity index (χ2v) is 8.04. The Hall–Kier alpha value is -2.66. The van der Waals surface area contributed by atoms with E-state index < -0.39 is 0 Å². The van der Waals surface area contributed by atoms with E-state index in [4.69, 9.17) is 0 Å². The van der Waals surface area contributed by atoms with Crippen LogP contribution in [0.25, 0.3) is 0 Å². The monoisotopic (exact) mass is 391 g/mol. The van der Waals surface area contributed by atoms with Gasteiger partial charge in [-0.3, -0.25) is 14.5 Å². The number of carbonyl (C=O) groups is 2. The maximum atomic E-state index is 13.2. The summed E-state index contributed by atoms with van der Waals surface area (Å²) >= 11 is 0. The standard InChI is InChI=1S/C24H29N3O2/c1-2-19-9-11-21(12-10-19)15-25-13-6-14-27-22(17-25)24(29)26(18-23(27)28)16-20-7-4-3-5-8-20/h3-5,7-12,22H,2,6,13-18H2,1H3. The SMILES string of the molecule is CCc1ccc(CN2CCCN3C(=O)CN(Cc4ccccc4)C(=O)C3C2)cc1. The van der Waals surface area contributed by atoms with E-state index in [1.165, 1.54) is 11.1 Å². The summed E-state index contributed by atoms with van der Waals surface area (Å²) in [5.74, 6) is 0.140. The quantitative estimate of drug-likeness (QED) is 0.787. The summed E-state index contributed by atoms with van der Waals surface area (Å²) in [6, 6.07) is 18.2. The average Bonchev–Trinajstić information content (AvgIpc) is 2.96. The van der Waals surface area contributed by atoms with Gasteiger partial charge in [-0.15, -0.1) is 0 Å². The minimum absolute atomic E-state index is 0.0691. The Morgan fingerprint density at radius 3 is 2.28 bits per heavy atom. The number of aryl methyl sites for hydroxylation is 1. The molecule has 5 nitrogen and oxygen atoms in total. The average molecular weight is 392 g/mol. The lowest BCUT2D eigenvalue weighted by atomic mass is 10.1. The van der Waals surface area contributed by atoms with E-state index >= 15 is 0 Å². The molecule has 0 aliphatic carbocycles. The van der Waals surface area contributed by atoms with Crippen molar-refractivity contribution in [2.75, 3.05) is 26.2 Å². The van der Waals surface area contributed by atoms with Crippen LogP contribution in [0.3, 0.4) is 0 Å². The van der Waals surface area contributed by atoms with Crippen molar-refractivity contribution < 1.29 is 9.59 Å². The van der Waals surface area contributed by atoms with Gasteiger partial charge < -0.3 is 9.80 Å². The molecule has 2 amide bonds. The Morgan fingerprint density at radius 1 is 0.862 bits per heavy atom. The number of piperazine rings is 1. The molecule has 4 rings (SSSR count). The molecule has 5 heteroatoms. The molecule has 2 saturated heterocycles. The summed E-state index contributed by atoms with van der Waals surface area (Å²) in [5, 5.41) is 0. The minimum Gasteiger partial charge on any atom is -0.328 e. The lowest BCUT2D eigenvalue weighted by molar-refractivity contribution is -0.156. The van der Waals surface area contributed by atoms with Crippen LogP contribution in [-0.2, 0) is 29.1 Å². The van der Waals surface area contributed by atoms with E-state index in [1.54, 1.807) is 4.90 Å². The molecule has 2 heterocycles. The maximum absolute atomic E-state index is 13.2. The first kappa shape index (κ1) is 19.6. The zero-order valence-corrected chi connectivity index (χ0v) is 17.1.